The van der Waals surface area contributed by atoms with Crippen LogP contribution in [0.15, 0.2) is 29.8 Å². The van der Waals surface area contributed by atoms with E-state index in [1.165, 1.54) is 17.6 Å². The number of amides is 2. The molecule has 132 valence electrons. The van der Waals surface area contributed by atoms with Crippen LogP contribution in [0.5, 0.6) is 5.75 Å². The molecule has 0 aromatic carbocycles. The van der Waals surface area contributed by atoms with Crippen LogP contribution in [0, 0.1) is 0 Å². The quantitative estimate of drug-likeness (QED) is 0.843. The zero-order valence-corrected chi connectivity index (χ0v) is 13.7. The highest BCUT2D eigenvalue weighted by molar-refractivity contribution is 7.12. The summed E-state index contributed by atoms with van der Waals surface area (Å²) in [5.41, 5.74) is 0.409. The molecule has 1 fully saturated rings. The van der Waals surface area contributed by atoms with E-state index in [1.807, 2.05) is 4.90 Å². The topological polar surface area (TPSA) is 83.6 Å². The highest BCUT2D eigenvalue weighted by Crippen LogP contribution is 2.27. The van der Waals surface area contributed by atoms with E-state index in [2.05, 4.69) is 20.4 Å². The molecule has 0 bridgehead atoms. The average molecular weight is 368 g/mol. The number of carbonyl (C=O) groups excluding carboxylic acids is 2. The van der Waals surface area contributed by atoms with Gasteiger partial charge >= 0.3 is 6.61 Å². The molecule has 1 aliphatic rings. The number of alkyl halides is 2. The Balaban J connectivity index is 1.66. The van der Waals surface area contributed by atoms with E-state index >= 15 is 0 Å². The Bertz CT molecular complexity index is 766. The Hall–Kier alpha value is -2.75. The summed E-state index contributed by atoms with van der Waals surface area (Å²) >= 11 is 1.00. The number of halogens is 2. The van der Waals surface area contributed by atoms with E-state index in [9.17, 15) is 18.4 Å². The van der Waals surface area contributed by atoms with Gasteiger partial charge in [0.25, 0.3) is 5.91 Å². The Morgan fingerprint density at radius 1 is 1.40 bits per heavy atom. The molecule has 1 aliphatic heterocycles. The van der Waals surface area contributed by atoms with Crippen LogP contribution < -0.4 is 20.3 Å². The van der Waals surface area contributed by atoms with Crippen LogP contribution in [-0.2, 0) is 4.79 Å². The molecule has 10 heteroatoms. The maximum absolute atomic E-state index is 12.3. The van der Waals surface area contributed by atoms with Crippen molar-refractivity contribution in [2.24, 2.45) is 0 Å². The smallest absolute Gasteiger partial charge is 0.387 e. The predicted octanol–water partition coefficient (Wildman–Crippen LogP) is 1.93. The van der Waals surface area contributed by atoms with Crippen LogP contribution in [0.1, 0.15) is 9.67 Å². The van der Waals surface area contributed by atoms with E-state index < -0.39 is 12.5 Å². The number of hydrogen-bond acceptors (Lipinski definition) is 6. The second-order valence-electron chi connectivity index (χ2n) is 5.12. The van der Waals surface area contributed by atoms with Gasteiger partial charge in [0.2, 0.25) is 5.91 Å². The summed E-state index contributed by atoms with van der Waals surface area (Å²) in [6.07, 6.45) is 1.45. The van der Waals surface area contributed by atoms with Crippen molar-refractivity contribution in [2.45, 2.75) is 6.61 Å². The largest absolute Gasteiger partial charge is 0.433 e. The molecule has 2 N–H and O–H groups in total. The summed E-state index contributed by atoms with van der Waals surface area (Å²) in [6, 6.07) is 4.63. The molecule has 2 aromatic heterocycles. The molecule has 3 heterocycles. The summed E-state index contributed by atoms with van der Waals surface area (Å²) in [7, 11) is 0. The van der Waals surface area contributed by atoms with Crippen molar-refractivity contribution in [3.63, 3.8) is 0 Å². The standard InChI is InChI=1S/C15H14F2N4O3S/c16-15(17)24-10-3-6-25-13(10)14(23)20-9-1-2-11(19-7-9)21-5-4-18-12(22)8-21/h1-3,6-7,15H,4-5,8H2,(H,18,22)(H,20,23). The first-order valence-electron chi connectivity index (χ1n) is 7.34. The molecule has 0 atom stereocenters. The van der Waals surface area contributed by atoms with Crippen molar-refractivity contribution < 1.29 is 23.1 Å². The summed E-state index contributed by atoms with van der Waals surface area (Å²) < 4.78 is 29.0. The Morgan fingerprint density at radius 3 is 2.92 bits per heavy atom. The van der Waals surface area contributed by atoms with Crippen molar-refractivity contribution in [1.82, 2.24) is 10.3 Å². The van der Waals surface area contributed by atoms with Gasteiger partial charge in [0, 0.05) is 13.1 Å². The van der Waals surface area contributed by atoms with Crippen molar-refractivity contribution in [1.29, 1.82) is 0 Å². The summed E-state index contributed by atoms with van der Waals surface area (Å²) in [5, 5.41) is 6.80. The molecule has 1 saturated heterocycles. The minimum atomic E-state index is -3.00. The first kappa shape index (κ1) is 17.1. The molecule has 2 aromatic rings. The number of nitrogens with zero attached hydrogens (tertiary/aromatic N) is 2. The van der Waals surface area contributed by atoms with Gasteiger partial charge in [-0.15, -0.1) is 11.3 Å². The van der Waals surface area contributed by atoms with Gasteiger partial charge in [0.15, 0.2) is 0 Å². The van der Waals surface area contributed by atoms with E-state index in [4.69, 9.17) is 0 Å². The molecule has 0 spiro atoms. The van der Waals surface area contributed by atoms with Gasteiger partial charge in [-0.1, -0.05) is 0 Å². The van der Waals surface area contributed by atoms with Crippen LogP contribution in [-0.4, -0.2) is 43.0 Å². The summed E-state index contributed by atoms with van der Waals surface area (Å²) in [4.78, 5) is 29.7. The van der Waals surface area contributed by atoms with Crippen LogP contribution >= 0.6 is 11.3 Å². The lowest BCUT2D eigenvalue weighted by Crippen LogP contribution is -2.48. The molecule has 2 amide bonds. The molecule has 0 saturated carbocycles. The molecule has 3 rings (SSSR count). The van der Waals surface area contributed by atoms with Gasteiger partial charge in [-0.3, -0.25) is 9.59 Å². The van der Waals surface area contributed by atoms with E-state index in [0.29, 0.717) is 24.6 Å². The number of carbonyl (C=O) groups is 2. The SMILES string of the molecule is O=C1CN(c2ccc(NC(=O)c3sccc3OC(F)F)cn2)CCN1. The van der Waals surface area contributed by atoms with Gasteiger partial charge < -0.3 is 20.3 Å². The fraction of sp³-hybridized carbons (Fsp3) is 0.267. The molecular weight excluding hydrogens is 354 g/mol. The molecule has 7 nitrogen and oxygen atoms in total. The second-order valence-corrected chi connectivity index (χ2v) is 6.04. The fourth-order valence-corrected chi connectivity index (χ4v) is 3.04. The maximum Gasteiger partial charge on any atom is 0.387 e. The third-order valence-electron chi connectivity index (χ3n) is 3.42. The lowest BCUT2D eigenvalue weighted by atomic mass is 10.3. The van der Waals surface area contributed by atoms with E-state index in [-0.39, 0.29) is 23.1 Å². The highest BCUT2D eigenvalue weighted by Gasteiger charge is 2.19. The summed E-state index contributed by atoms with van der Waals surface area (Å²) in [5.74, 6) is -0.181. The van der Waals surface area contributed by atoms with Crippen molar-refractivity contribution in [2.75, 3.05) is 29.9 Å². The molecule has 0 aliphatic carbocycles. The van der Waals surface area contributed by atoms with Crippen molar-refractivity contribution in [3.8, 4) is 5.75 Å². The van der Waals surface area contributed by atoms with Gasteiger partial charge in [-0.05, 0) is 23.6 Å². The first-order chi connectivity index (χ1) is 12.0. The number of pyridine rings is 1. The minimum Gasteiger partial charge on any atom is -0.433 e. The van der Waals surface area contributed by atoms with Crippen molar-refractivity contribution in [3.05, 3.63) is 34.7 Å². The molecule has 25 heavy (non-hydrogen) atoms. The Labute approximate surface area is 145 Å². The molecule has 0 radical (unpaired) electrons. The van der Waals surface area contributed by atoms with Crippen LogP contribution in [0.4, 0.5) is 20.3 Å². The zero-order chi connectivity index (χ0) is 17.8. The number of rotatable bonds is 5. The maximum atomic E-state index is 12.3. The fourth-order valence-electron chi connectivity index (χ4n) is 2.32. The number of nitrogens with one attached hydrogen (secondary N) is 2. The first-order valence-corrected chi connectivity index (χ1v) is 8.22. The Morgan fingerprint density at radius 2 is 2.24 bits per heavy atom. The van der Waals surface area contributed by atoms with Gasteiger partial charge in [-0.25, -0.2) is 4.98 Å². The number of anilines is 2. The number of aromatic nitrogens is 1. The van der Waals surface area contributed by atoms with Gasteiger partial charge in [0.1, 0.15) is 16.4 Å². The van der Waals surface area contributed by atoms with Crippen LogP contribution in [0.2, 0.25) is 0 Å². The van der Waals surface area contributed by atoms with Crippen LogP contribution in [0.3, 0.4) is 0 Å². The lowest BCUT2D eigenvalue weighted by molar-refractivity contribution is -0.120. The number of thiophene rings is 1. The second kappa shape index (κ2) is 7.43. The van der Waals surface area contributed by atoms with Crippen LogP contribution in [0.25, 0.3) is 0 Å². The van der Waals surface area contributed by atoms with Gasteiger partial charge in [0.05, 0.1) is 18.4 Å². The number of ether oxygens (including phenoxy) is 1. The number of piperazine rings is 1. The normalized spacial score (nSPS) is 14.4. The third kappa shape index (κ3) is 4.21. The minimum absolute atomic E-state index is 0.0529. The van der Waals surface area contributed by atoms with E-state index in [1.54, 1.807) is 12.1 Å². The van der Waals surface area contributed by atoms with Crippen molar-refractivity contribution >= 4 is 34.7 Å². The monoisotopic (exact) mass is 368 g/mol. The third-order valence-corrected chi connectivity index (χ3v) is 4.31. The molecular formula is C15H14F2N4O3S. The number of hydrogen-bond donors (Lipinski definition) is 2. The predicted molar refractivity (Wildman–Crippen MR) is 88.4 cm³/mol. The van der Waals surface area contributed by atoms with Gasteiger partial charge in [-0.2, -0.15) is 8.78 Å². The van der Waals surface area contributed by atoms with E-state index in [0.717, 1.165) is 11.3 Å². The lowest BCUT2D eigenvalue weighted by Gasteiger charge is -2.27. The Kier molecular flexibility index (Phi) is 5.08. The zero-order valence-electron chi connectivity index (χ0n) is 12.9. The highest BCUT2D eigenvalue weighted by atomic mass is 32.1. The molecule has 0 unspecified atom stereocenters. The average Bonchev–Trinajstić information content (AvgIpc) is 3.03. The summed E-state index contributed by atoms with van der Waals surface area (Å²) in [6.45, 7) is -1.58.